The fraction of sp³-hybridized carbons (Fsp3) is 0.333. The van der Waals surface area contributed by atoms with Gasteiger partial charge in [-0.25, -0.2) is 14.4 Å². The Morgan fingerprint density at radius 3 is 2.71 bits per heavy atom. The molecule has 112 valence electrons. The molecule has 1 aromatic carbocycles. The van der Waals surface area contributed by atoms with Crippen LogP contribution in [0.4, 0.5) is 10.2 Å². The number of benzene rings is 1. The number of aromatic nitrogens is 2. The zero-order chi connectivity index (χ0) is 15.4. The summed E-state index contributed by atoms with van der Waals surface area (Å²) in [6, 6.07) is 4.20. The molecule has 0 saturated heterocycles. The van der Waals surface area contributed by atoms with Gasteiger partial charge in [0.2, 0.25) is 5.88 Å². The summed E-state index contributed by atoms with van der Waals surface area (Å²) in [5, 5.41) is 3.20. The number of rotatable bonds is 5. The Bertz CT molecular complexity index is 634. The van der Waals surface area contributed by atoms with E-state index in [1.54, 1.807) is 0 Å². The van der Waals surface area contributed by atoms with E-state index in [9.17, 15) is 4.39 Å². The molecule has 0 fully saturated rings. The van der Waals surface area contributed by atoms with E-state index >= 15 is 0 Å². The van der Waals surface area contributed by atoms with Crippen LogP contribution in [0.3, 0.4) is 0 Å². The topological polar surface area (TPSA) is 47.0 Å². The zero-order valence-electron chi connectivity index (χ0n) is 12.2. The van der Waals surface area contributed by atoms with Gasteiger partial charge in [-0.2, -0.15) is 0 Å². The minimum absolute atomic E-state index is 0.0135. The van der Waals surface area contributed by atoms with Gasteiger partial charge in [-0.1, -0.05) is 25.4 Å². The van der Waals surface area contributed by atoms with Gasteiger partial charge in [-0.05, 0) is 25.0 Å². The molecule has 0 aliphatic rings. The molecule has 6 heteroatoms. The fourth-order valence-electron chi connectivity index (χ4n) is 1.94. The summed E-state index contributed by atoms with van der Waals surface area (Å²) in [6.07, 6.45) is 1.43. The van der Waals surface area contributed by atoms with Crippen LogP contribution in [0.2, 0.25) is 5.02 Å². The molecule has 4 nitrogen and oxygen atoms in total. The molecule has 0 radical (unpaired) electrons. The van der Waals surface area contributed by atoms with E-state index in [1.807, 2.05) is 20.8 Å². The Balaban J connectivity index is 2.38. The third-order valence-corrected chi connectivity index (χ3v) is 3.16. The van der Waals surface area contributed by atoms with Crippen LogP contribution >= 0.6 is 11.6 Å². The second kappa shape index (κ2) is 6.72. The summed E-state index contributed by atoms with van der Waals surface area (Å²) in [6.45, 7) is 6.80. The summed E-state index contributed by atoms with van der Waals surface area (Å²) in [7, 11) is 0. The van der Waals surface area contributed by atoms with Gasteiger partial charge in [0.25, 0.3) is 0 Å². The van der Waals surface area contributed by atoms with Crippen molar-refractivity contribution in [2.75, 3.05) is 11.9 Å². The first-order valence-electron chi connectivity index (χ1n) is 6.74. The normalized spacial score (nSPS) is 10.8. The van der Waals surface area contributed by atoms with Gasteiger partial charge < -0.3 is 10.1 Å². The molecular formula is C15H17ClFN3O. The molecule has 0 saturated carbocycles. The molecule has 0 atom stereocenters. The molecular weight excluding hydrogens is 293 g/mol. The highest BCUT2D eigenvalue weighted by Gasteiger charge is 2.17. The summed E-state index contributed by atoms with van der Waals surface area (Å²) >= 11 is 5.76. The van der Waals surface area contributed by atoms with E-state index in [-0.39, 0.29) is 10.9 Å². The smallest absolute Gasteiger partial charge is 0.227 e. The second-order valence-electron chi connectivity index (χ2n) is 4.80. The molecule has 0 spiro atoms. The number of anilines is 1. The molecule has 1 heterocycles. The van der Waals surface area contributed by atoms with Gasteiger partial charge in [0, 0.05) is 12.6 Å². The summed E-state index contributed by atoms with van der Waals surface area (Å²) in [5.41, 5.74) is 0.875. The summed E-state index contributed by atoms with van der Waals surface area (Å²) in [5.74, 6) is 1.31. The van der Waals surface area contributed by atoms with Crippen LogP contribution in [0.1, 0.15) is 32.3 Å². The number of nitrogens with zero attached hydrogens (tertiary/aromatic N) is 2. The number of halogens is 2. The molecule has 0 aliphatic carbocycles. The third kappa shape index (κ3) is 3.61. The minimum Gasteiger partial charge on any atom is -0.438 e. The Kier molecular flexibility index (Phi) is 4.96. The molecule has 0 bridgehead atoms. The van der Waals surface area contributed by atoms with E-state index in [2.05, 4.69) is 15.3 Å². The lowest BCUT2D eigenvalue weighted by molar-refractivity contribution is 0.450. The first kappa shape index (κ1) is 15.5. The number of ether oxygens (including phenoxy) is 1. The highest BCUT2D eigenvalue weighted by Crippen LogP contribution is 2.33. The second-order valence-corrected chi connectivity index (χ2v) is 5.21. The van der Waals surface area contributed by atoms with Gasteiger partial charge in [-0.15, -0.1) is 0 Å². The average Bonchev–Trinajstić information content (AvgIpc) is 2.43. The number of hydrogen-bond acceptors (Lipinski definition) is 4. The molecule has 2 aromatic rings. The maximum Gasteiger partial charge on any atom is 0.227 e. The van der Waals surface area contributed by atoms with Crippen LogP contribution in [0.25, 0.3) is 0 Å². The van der Waals surface area contributed by atoms with E-state index in [0.29, 0.717) is 11.6 Å². The zero-order valence-corrected chi connectivity index (χ0v) is 12.9. The number of hydrogen-bond donors (Lipinski definition) is 1. The quantitative estimate of drug-likeness (QED) is 0.875. The van der Waals surface area contributed by atoms with Gasteiger partial charge in [0.1, 0.15) is 23.7 Å². The fourth-order valence-corrected chi connectivity index (χ4v) is 2.11. The van der Waals surface area contributed by atoms with Crippen LogP contribution in [-0.2, 0) is 0 Å². The van der Waals surface area contributed by atoms with Crippen molar-refractivity contribution in [3.05, 3.63) is 40.9 Å². The molecule has 0 amide bonds. The van der Waals surface area contributed by atoms with Crippen molar-refractivity contribution in [1.82, 2.24) is 9.97 Å². The van der Waals surface area contributed by atoms with E-state index in [4.69, 9.17) is 16.3 Å². The highest BCUT2D eigenvalue weighted by atomic mass is 35.5. The lowest BCUT2D eigenvalue weighted by atomic mass is 10.1. The van der Waals surface area contributed by atoms with Crippen LogP contribution in [0.15, 0.2) is 24.5 Å². The van der Waals surface area contributed by atoms with Crippen molar-refractivity contribution in [3.63, 3.8) is 0 Å². The SMILES string of the molecule is CCNc1ncnc(Oc2ccc(F)c(Cl)c2)c1C(C)C. The minimum atomic E-state index is -0.482. The van der Waals surface area contributed by atoms with Crippen molar-refractivity contribution in [2.45, 2.75) is 26.7 Å². The molecule has 1 N–H and O–H groups in total. The van der Waals surface area contributed by atoms with Gasteiger partial charge in [-0.3, -0.25) is 0 Å². The maximum absolute atomic E-state index is 13.2. The van der Waals surface area contributed by atoms with E-state index in [0.717, 1.165) is 17.9 Å². The van der Waals surface area contributed by atoms with Crippen molar-refractivity contribution < 1.29 is 9.13 Å². The van der Waals surface area contributed by atoms with Crippen LogP contribution in [0.5, 0.6) is 11.6 Å². The van der Waals surface area contributed by atoms with Crippen LogP contribution in [0, 0.1) is 5.82 Å². The molecule has 21 heavy (non-hydrogen) atoms. The summed E-state index contributed by atoms with van der Waals surface area (Å²) in [4.78, 5) is 8.42. The van der Waals surface area contributed by atoms with Gasteiger partial charge in [0.05, 0.1) is 10.6 Å². The van der Waals surface area contributed by atoms with E-state index in [1.165, 1.54) is 24.5 Å². The highest BCUT2D eigenvalue weighted by molar-refractivity contribution is 6.30. The largest absolute Gasteiger partial charge is 0.438 e. The predicted octanol–water partition coefficient (Wildman–Crippen LogP) is 4.62. The maximum atomic E-state index is 13.2. The van der Waals surface area contributed by atoms with Gasteiger partial charge in [0.15, 0.2) is 0 Å². The molecule has 0 aliphatic heterocycles. The monoisotopic (exact) mass is 309 g/mol. The molecule has 0 unspecified atom stereocenters. The molecule has 2 rings (SSSR count). The lowest BCUT2D eigenvalue weighted by Crippen LogP contribution is -2.07. The van der Waals surface area contributed by atoms with Crippen LogP contribution in [-0.4, -0.2) is 16.5 Å². The first-order valence-corrected chi connectivity index (χ1v) is 7.12. The Labute approximate surface area is 128 Å². The molecule has 1 aromatic heterocycles. The Hall–Kier alpha value is -1.88. The Morgan fingerprint density at radius 2 is 2.10 bits per heavy atom. The van der Waals surface area contributed by atoms with Crippen molar-refractivity contribution >= 4 is 17.4 Å². The average molecular weight is 310 g/mol. The van der Waals surface area contributed by atoms with Crippen molar-refractivity contribution in [1.29, 1.82) is 0 Å². The summed E-state index contributed by atoms with van der Waals surface area (Å²) < 4.78 is 18.9. The number of nitrogens with one attached hydrogen (secondary N) is 1. The predicted molar refractivity (Wildman–Crippen MR) is 81.8 cm³/mol. The van der Waals surface area contributed by atoms with Crippen molar-refractivity contribution in [2.24, 2.45) is 0 Å². The van der Waals surface area contributed by atoms with Crippen LogP contribution < -0.4 is 10.1 Å². The van der Waals surface area contributed by atoms with E-state index < -0.39 is 5.82 Å². The Morgan fingerprint density at radius 1 is 1.33 bits per heavy atom. The first-order chi connectivity index (χ1) is 10.0. The van der Waals surface area contributed by atoms with Crippen molar-refractivity contribution in [3.8, 4) is 11.6 Å². The third-order valence-electron chi connectivity index (χ3n) is 2.87. The van der Waals surface area contributed by atoms with Gasteiger partial charge >= 0.3 is 0 Å². The standard InChI is InChI=1S/C15H17ClFN3O/c1-4-18-14-13(9(2)3)15(20-8-19-14)21-10-5-6-12(17)11(16)7-10/h5-9H,4H2,1-3H3,(H,18,19,20). The lowest BCUT2D eigenvalue weighted by Gasteiger charge is -2.16.